The van der Waals surface area contributed by atoms with Crippen LogP contribution in [0.25, 0.3) is 0 Å². The highest BCUT2D eigenvalue weighted by atomic mass is 32.2. The van der Waals surface area contributed by atoms with Crippen molar-refractivity contribution in [2.24, 2.45) is 10.6 Å². The van der Waals surface area contributed by atoms with Crippen molar-refractivity contribution in [2.45, 2.75) is 19.3 Å². The van der Waals surface area contributed by atoms with Gasteiger partial charge >= 0.3 is 0 Å². The van der Waals surface area contributed by atoms with E-state index in [9.17, 15) is 12.8 Å². The van der Waals surface area contributed by atoms with Crippen LogP contribution in [-0.4, -0.2) is 20.8 Å². The summed E-state index contributed by atoms with van der Waals surface area (Å²) in [4.78, 5) is 0. The molecule has 11 heavy (non-hydrogen) atoms. The van der Waals surface area contributed by atoms with Crippen molar-refractivity contribution < 1.29 is 12.8 Å². The third-order valence-electron chi connectivity index (χ3n) is 2.21. The summed E-state index contributed by atoms with van der Waals surface area (Å²) in [6.45, 7) is -0.566. The van der Waals surface area contributed by atoms with Crippen LogP contribution in [0.1, 0.15) is 19.3 Å². The van der Waals surface area contributed by atoms with Crippen molar-refractivity contribution >= 4 is 10.0 Å². The summed E-state index contributed by atoms with van der Waals surface area (Å²) in [7, 11) is -3.49. The van der Waals surface area contributed by atoms with Crippen molar-refractivity contribution in [3.8, 4) is 0 Å². The van der Waals surface area contributed by atoms with Crippen LogP contribution >= 0.6 is 0 Å². The monoisotopic (exact) mass is 181 g/mol. The number of sulfonamides is 1. The lowest BCUT2D eigenvalue weighted by atomic mass is 9.71. The maximum Gasteiger partial charge on any atom is 0.209 e. The topological polar surface area (TPSA) is 60.2 Å². The second-order valence-electron chi connectivity index (χ2n) is 3.29. The Hall–Kier alpha value is -0.160. The maximum absolute atomic E-state index is 12.3. The van der Waals surface area contributed by atoms with Gasteiger partial charge in [0.15, 0.2) is 0 Å². The molecule has 1 aliphatic rings. The number of halogens is 1. The molecule has 3 nitrogen and oxygen atoms in total. The molecule has 0 saturated heterocycles. The molecule has 0 aliphatic heterocycles. The van der Waals surface area contributed by atoms with Crippen molar-refractivity contribution in [1.82, 2.24) is 0 Å². The molecule has 2 N–H and O–H groups in total. The first-order valence-electron chi connectivity index (χ1n) is 3.54. The molecule has 0 unspecified atom stereocenters. The molecule has 1 aliphatic carbocycles. The fourth-order valence-electron chi connectivity index (χ4n) is 1.42. The Morgan fingerprint density at radius 1 is 1.45 bits per heavy atom. The molecule has 5 heteroatoms. The molecule has 0 aromatic rings. The van der Waals surface area contributed by atoms with Crippen LogP contribution < -0.4 is 5.14 Å². The fourth-order valence-corrected chi connectivity index (χ4v) is 2.64. The lowest BCUT2D eigenvalue weighted by Crippen LogP contribution is -2.40. The number of hydrogen-bond donors (Lipinski definition) is 1. The van der Waals surface area contributed by atoms with Crippen LogP contribution in [0.15, 0.2) is 0 Å². The summed E-state index contributed by atoms with van der Waals surface area (Å²) in [6.07, 6.45) is 2.22. The number of primary sulfonamides is 1. The maximum atomic E-state index is 12.3. The number of hydrogen-bond acceptors (Lipinski definition) is 2. The Morgan fingerprint density at radius 2 is 2.00 bits per heavy atom. The molecule has 1 rings (SSSR count). The number of rotatable bonds is 3. The Bertz CT molecular complexity index is 227. The van der Waals surface area contributed by atoms with E-state index in [2.05, 4.69) is 0 Å². The van der Waals surface area contributed by atoms with E-state index in [0.717, 1.165) is 6.42 Å². The lowest BCUT2D eigenvalue weighted by Gasteiger charge is -2.38. The Morgan fingerprint density at radius 3 is 2.09 bits per heavy atom. The van der Waals surface area contributed by atoms with Gasteiger partial charge in [-0.15, -0.1) is 0 Å². The van der Waals surface area contributed by atoms with Crippen LogP contribution in [0.4, 0.5) is 4.39 Å². The molecule has 0 atom stereocenters. The van der Waals surface area contributed by atoms with E-state index in [-0.39, 0.29) is 5.75 Å². The molecule has 0 amide bonds. The number of alkyl halides is 1. The highest BCUT2D eigenvalue weighted by Gasteiger charge is 2.40. The van der Waals surface area contributed by atoms with E-state index in [0.29, 0.717) is 12.8 Å². The van der Waals surface area contributed by atoms with Gasteiger partial charge in [-0.1, -0.05) is 6.42 Å². The smallest absolute Gasteiger partial charge is 0.209 e. The van der Waals surface area contributed by atoms with Crippen molar-refractivity contribution in [1.29, 1.82) is 0 Å². The van der Waals surface area contributed by atoms with Gasteiger partial charge in [-0.2, -0.15) is 0 Å². The van der Waals surface area contributed by atoms with Gasteiger partial charge in [0, 0.05) is 5.41 Å². The van der Waals surface area contributed by atoms with Gasteiger partial charge < -0.3 is 0 Å². The Labute approximate surface area is 65.8 Å². The summed E-state index contributed by atoms with van der Waals surface area (Å²) < 4.78 is 33.5. The molecule has 1 fully saturated rings. The van der Waals surface area contributed by atoms with Crippen molar-refractivity contribution in [2.75, 3.05) is 12.4 Å². The van der Waals surface area contributed by atoms with Crippen LogP contribution in [-0.2, 0) is 10.0 Å². The van der Waals surface area contributed by atoms with Gasteiger partial charge in [-0.05, 0) is 12.8 Å². The molecule has 0 aromatic heterocycles. The summed E-state index contributed by atoms with van der Waals surface area (Å²) in [5.74, 6) is -0.198. The molecule has 1 saturated carbocycles. The largest absolute Gasteiger partial charge is 0.250 e. The first-order chi connectivity index (χ1) is 4.97. The third-order valence-corrected chi connectivity index (χ3v) is 3.22. The highest BCUT2D eigenvalue weighted by molar-refractivity contribution is 7.89. The normalized spacial score (nSPS) is 22.7. The average molecular weight is 181 g/mol. The van der Waals surface area contributed by atoms with E-state index in [1.165, 1.54) is 0 Å². The quantitative estimate of drug-likeness (QED) is 0.685. The zero-order valence-corrected chi connectivity index (χ0v) is 7.03. The standard InChI is InChI=1S/C6H12FNO2S/c7-4-6(2-1-3-6)5-11(8,9)10/h1-5H2,(H2,8,9,10). The van der Waals surface area contributed by atoms with Gasteiger partial charge in [0.1, 0.15) is 0 Å². The Kier molecular flexibility index (Phi) is 2.20. The van der Waals surface area contributed by atoms with Crippen LogP contribution in [0.2, 0.25) is 0 Å². The minimum absolute atomic E-state index is 0.198. The molecule has 0 radical (unpaired) electrons. The summed E-state index contributed by atoms with van der Waals surface area (Å²) in [5.41, 5.74) is -0.631. The van der Waals surface area contributed by atoms with Crippen molar-refractivity contribution in [3.05, 3.63) is 0 Å². The molecule has 0 bridgehead atoms. The second-order valence-corrected chi connectivity index (χ2v) is 4.91. The zero-order chi connectivity index (χ0) is 8.54. The fraction of sp³-hybridized carbons (Fsp3) is 1.00. The molecule has 0 heterocycles. The summed E-state index contributed by atoms with van der Waals surface area (Å²) in [6, 6.07) is 0. The minimum Gasteiger partial charge on any atom is -0.250 e. The van der Waals surface area contributed by atoms with Crippen molar-refractivity contribution in [3.63, 3.8) is 0 Å². The first-order valence-corrected chi connectivity index (χ1v) is 5.25. The molecule has 0 spiro atoms. The van der Waals surface area contributed by atoms with Gasteiger partial charge in [-0.25, -0.2) is 13.6 Å². The van der Waals surface area contributed by atoms with Crippen LogP contribution in [0, 0.1) is 5.41 Å². The van der Waals surface area contributed by atoms with E-state index in [1.807, 2.05) is 0 Å². The SMILES string of the molecule is NS(=O)(=O)CC1(CF)CCC1. The molecule has 0 aromatic carbocycles. The predicted octanol–water partition coefficient (Wildman–Crippen LogP) is 0.415. The lowest BCUT2D eigenvalue weighted by molar-refractivity contribution is 0.118. The second kappa shape index (κ2) is 2.71. The predicted molar refractivity (Wildman–Crippen MR) is 40.2 cm³/mol. The van der Waals surface area contributed by atoms with E-state index in [4.69, 9.17) is 5.14 Å². The van der Waals surface area contributed by atoms with Gasteiger partial charge in [0.25, 0.3) is 0 Å². The molecular weight excluding hydrogens is 169 g/mol. The highest BCUT2D eigenvalue weighted by Crippen LogP contribution is 2.41. The van der Waals surface area contributed by atoms with E-state index < -0.39 is 22.1 Å². The Balaban J connectivity index is 2.59. The van der Waals surface area contributed by atoms with E-state index >= 15 is 0 Å². The average Bonchev–Trinajstić information content (AvgIpc) is 1.77. The third kappa shape index (κ3) is 2.13. The molecule has 66 valence electrons. The van der Waals surface area contributed by atoms with E-state index in [1.54, 1.807) is 0 Å². The van der Waals surface area contributed by atoms with Gasteiger partial charge in [0.2, 0.25) is 10.0 Å². The summed E-state index contributed by atoms with van der Waals surface area (Å²) >= 11 is 0. The van der Waals surface area contributed by atoms with Crippen LogP contribution in [0.5, 0.6) is 0 Å². The van der Waals surface area contributed by atoms with Gasteiger partial charge in [0.05, 0.1) is 12.4 Å². The zero-order valence-electron chi connectivity index (χ0n) is 6.22. The number of nitrogens with two attached hydrogens (primary N) is 1. The van der Waals surface area contributed by atoms with Crippen LogP contribution in [0.3, 0.4) is 0 Å². The molecular formula is C6H12FNO2S. The summed E-state index contributed by atoms with van der Waals surface area (Å²) in [5, 5.41) is 4.81. The first kappa shape index (κ1) is 8.93. The minimum atomic E-state index is -3.49. The van der Waals surface area contributed by atoms with Gasteiger partial charge in [-0.3, -0.25) is 4.39 Å².